The third kappa shape index (κ3) is 3.25. The van der Waals surface area contributed by atoms with Crippen LogP contribution >= 0.6 is 0 Å². The Morgan fingerprint density at radius 1 is 1.29 bits per heavy atom. The molecule has 5 nitrogen and oxygen atoms in total. The summed E-state index contributed by atoms with van der Waals surface area (Å²) in [4.78, 5) is 14.3. The monoisotopic (exact) mass is 202 g/mol. The lowest BCUT2D eigenvalue weighted by Crippen LogP contribution is -2.50. The molecule has 2 unspecified atom stereocenters. The van der Waals surface area contributed by atoms with E-state index in [0.717, 1.165) is 32.6 Å². The van der Waals surface area contributed by atoms with Crippen molar-refractivity contribution in [3.05, 3.63) is 0 Å². The Morgan fingerprint density at radius 3 is 2.29 bits per heavy atom. The first kappa shape index (κ1) is 11.4. The molecule has 2 atom stereocenters. The van der Waals surface area contributed by atoms with Crippen LogP contribution in [0.15, 0.2) is 0 Å². The Kier molecular flexibility index (Phi) is 4.31. The predicted octanol–water partition coefficient (Wildman–Crippen LogP) is -0.539. The van der Waals surface area contributed by atoms with Gasteiger partial charge >= 0.3 is 0 Å². The Labute approximate surface area is 84.2 Å². The van der Waals surface area contributed by atoms with E-state index in [1.165, 1.54) is 0 Å². The van der Waals surface area contributed by atoms with Crippen molar-refractivity contribution in [3.8, 4) is 0 Å². The maximum atomic E-state index is 10.5. The molecule has 0 saturated carbocycles. The summed E-state index contributed by atoms with van der Waals surface area (Å²) < 4.78 is 5.23. The van der Waals surface area contributed by atoms with Gasteiger partial charge < -0.3 is 14.7 Å². The van der Waals surface area contributed by atoms with Crippen LogP contribution in [0.1, 0.15) is 13.8 Å². The average Bonchev–Trinajstić information content (AvgIpc) is 2.17. The van der Waals surface area contributed by atoms with Gasteiger partial charge in [0.1, 0.15) is 6.23 Å². The van der Waals surface area contributed by atoms with Crippen LogP contribution in [0.25, 0.3) is 0 Å². The Balaban J connectivity index is 2.30. The molecule has 0 aromatic heterocycles. The number of hydrogen-bond acceptors (Lipinski definition) is 4. The second kappa shape index (κ2) is 5.29. The van der Waals surface area contributed by atoms with Gasteiger partial charge in [-0.2, -0.15) is 0 Å². The minimum Gasteiger partial charge on any atom is -0.368 e. The summed E-state index contributed by atoms with van der Waals surface area (Å²) in [7, 11) is 0. The van der Waals surface area contributed by atoms with Crippen molar-refractivity contribution in [3.63, 3.8) is 0 Å². The van der Waals surface area contributed by atoms with Crippen LogP contribution in [-0.2, 0) is 9.53 Å². The van der Waals surface area contributed by atoms with Crippen molar-refractivity contribution in [2.24, 2.45) is 0 Å². The summed E-state index contributed by atoms with van der Waals surface area (Å²) in [5.41, 5.74) is 0. The minimum absolute atomic E-state index is 0.0937. The van der Waals surface area contributed by atoms with Gasteiger partial charge in [0.25, 0.3) is 0 Å². The maximum Gasteiger partial charge on any atom is 0.209 e. The molecule has 5 heteroatoms. The van der Waals surface area contributed by atoms with E-state index in [1.807, 2.05) is 6.92 Å². The summed E-state index contributed by atoms with van der Waals surface area (Å²) >= 11 is 0. The lowest BCUT2D eigenvalue weighted by atomic mass is 10.3. The quantitative estimate of drug-likeness (QED) is 0.491. The molecule has 0 aromatic rings. The highest BCUT2D eigenvalue weighted by Gasteiger charge is 2.21. The van der Waals surface area contributed by atoms with Gasteiger partial charge in [0, 0.05) is 26.2 Å². The number of aliphatic hydroxyl groups excluding tert-OH is 1. The number of nitrogens with zero attached hydrogens (tertiary/aromatic N) is 2. The summed E-state index contributed by atoms with van der Waals surface area (Å²) in [6, 6.07) is 0. The molecule has 14 heavy (non-hydrogen) atoms. The molecule has 0 bridgehead atoms. The molecular formula is C9H18N2O3. The molecule has 1 amide bonds. The average molecular weight is 202 g/mol. The first-order chi connectivity index (χ1) is 6.63. The number of rotatable bonds is 4. The van der Waals surface area contributed by atoms with Gasteiger partial charge in [-0.25, -0.2) is 0 Å². The van der Waals surface area contributed by atoms with Crippen molar-refractivity contribution in [1.82, 2.24) is 9.80 Å². The Hall–Kier alpha value is -0.650. The molecule has 1 N–H and O–H groups in total. The number of ether oxygens (including phenoxy) is 1. The number of piperazine rings is 1. The number of aliphatic hydroxyl groups is 1. The van der Waals surface area contributed by atoms with E-state index in [2.05, 4.69) is 4.90 Å². The third-order valence-corrected chi connectivity index (χ3v) is 2.41. The first-order valence-electron chi connectivity index (χ1n) is 4.90. The summed E-state index contributed by atoms with van der Waals surface area (Å²) in [6.45, 7) is 6.56. The molecule has 0 radical (unpaired) electrons. The third-order valence-electron chi connectivity index (χ3n) is 2.41. The largest absolute Gasteiger partial charge is 0.368 e. The van der Waals surface area contributed by atoms with Crippen LogP contribution in [0.2, 0.25) is 0 Å². The topological polar surface area (TPSA) is 53.0 Å². The van der Waals surface area contributed by atoms with E-state index in [1.54, 1.807) is 11.8 Å². The van der Waals surface area contributed by atoms with Crippen LogP contribution in [0.4, 0.5) is 0 Å². The minimum atomic E-state index is -0.742. The van der Waals surface area contributed by atoms with Crippen LogP contribution in [0, 0.1) is 0 Å². The molecule has 1 fully saturated rings. The standard InChI is InChI=1S/C9H18N2O3/c1-8(14-9(2)13)11-5-3-10(7-12)4-6-11/h7-9,13H,3-6H2,1-2H3. The summed E-state index contributed by atoms with van der Waals surface area (Å²) in [6.07, 6.45) is 0.0373. The summed E-state index contributed by atoms with van der Waals surface area (Å²) in [5.74, 6) is 0. The molecule has 1 aliphatic heterocycles. The Bertz CT molecular complexity index is 179. The van der Waals surface area contributed by atoms with Crippen molar-refractivity contribution in [2.75, 3.05) is 26.2 Å². The normalized spacial score (nSPS) is 23.2. The number of carbonyl (C=O) groups is 1. The van der Waals surface area contributed by atoms with Crippen molar-refractivity contribution in [2.45, 2.75) is 26.4 Å². The zero-order chi connectivity index (χ0) is 10.6. The first-order valence-corrected chi connectivity index (χ1v) is 4.90. The van der Waals surface area contributed by atoms with Crippen LogP contribution in [-0.4, -0.2) is 60.0 Å². The molecule has 0 aromatic carbocycles. The predicted molar refractivity (Wildman–Crippen MR) is 51.4 cm³/mol. The van der Waals surface area contributed by atoms with Gasteiger partial charge in [-0.05, 0) is 13.8 Å². The SMILES string of the molecule is CC(O)OC(C)N1CCN(C=O)CC1. The molecule has 1 saturated heterocycles. The second-order valence-corrected chi connectivity index (χ2v) is 3.51. The van der Waals surface area contributed by atoms with E-state index in [9.17, 15) is 4.79 Å². The number of hydrogen-bond donors (Lipinski definition) is 1. The van der Waals surface area contributed by atoms with E-state index in [0.29, 0.717) is 0 Å². The summed E-state index contributed by atoms with van der Waals surface area (Å²) in [5, 5.41) is 9.04. The fraction of sp³-hybridized carbons (Fsp3) is 0.889. The van der Waals surface area contributed by atoms with Crippen LogP contribution in [0.3, 0.4) is 0 Å². The van der Waals surface area contributed by atoms with Gasteiger partial charge in [-0.1, -0.05) is 0 Å². The smallest absolute Gasteiger partial charge is 0.209 e. The molecule has 1 rings (SSSR count). The number of carbonyl (C=O) groups excluding carboxylic acids is 1. The Morgan fingerprint density at radius 2 is 1.86 bits per heavy atom. The van der Waals surface area contributed by atoms with Gasteiger partial charge in [0.05, 0.1) is 0 Å². The molecule has 1 heterocycles. The fourth-order valence-electron chi connectivity index (χ4n) is 1.58. The number of amides is 1. The highest BCUT2D eigenvalue weighted by atomic mass is 16.6. The zero-order valence-electron chi connectivity index (χ0n) is 8.72. The van der Waals surface area contributed by atoms with Crippen LogP contribution < -0.4 is 0 Å². The van der Waals surface area contributed by atoms with E-state index >= 15 is 0 Å². The molecule has 0 spiro atoms. The second-order valence-electron chi connectivity index (χ2n) is 3.51. The molecular weight excluding hydrogens is 184 g/mol. The van der Waals surface area contributed by atoms with Gasteiger partial charge in [0.2, 0.25) is 6.41 Å². The highest BCUT2D eigenvalue weighted by molar-refractivity contribution is 5.47. The zero-order valence-corrected chi connectivity index (χ0v) is 8.72. The van der Waals surface area contributed by atoms with E-state index in [-0.39, 0.29) is 6.23 Å². The molecule has 1 aliphatic rings. The van der Waals surface area contributed by atoms with Crippen molar-refractivity contribution >= 4 is 6.41 Å². The molecule has 82 valence electrons. The highest BCUT2D eigenvalue weighted by Crippen LogP contribution is 2.07. The van der Waals surface area contributed by atoms with Gasteiger partial charge in [0.15, 0.2) is 6.29 Å². The maximum absolute atomic E-state index is 10.5. The van der Waals surface area contributed by atoms with E-state index < -0.39 is 6.29 Å². The van der Waals surface area contributed by atoms with Crippen molar-refractivity contribution in [1.29, 1.82) is 0 Å². The molecule has 0 aliphatic carbocycles. The van der Waals surface area contributed by atoms with Crippen LogP contribution in [0.5, 0.6) is 0 Å². The lowest BCUT2D eigenvalue weighted by Gasteiger charge is -2.36. The fourth-order valence-corrected chi connectivity index (χ4v) is 1.58. The van der Waals surface area contributed by atoms with Gasteiger partial charge in [-0.15, -0.1) is 0 Å². The lowest BCUT2D eigenvalue weighted by molar-refractivity contribution is -0.171. The van der Waals surface area contributed by atoms with Gasteiger partial charge in [-0.3, -0.25) is 9.69 Å². The van der Waals surface area contributed by atoms with Crippen molar-refractivity contribution < 1.29 is 14.6 Å². The van der Waals surface area contributed by atoms with E-state index in [4.69, 9.17) is 9.84 Å².